The summed E-state index contributed by atoms with van der Waals surface area (Å²) in [6.07, 6.45) is -5.32. The largest absolute Gasteiger partial charge is 0.463 e. The number of rotatable bonds is 15. The number of nitrogens with zero attached hydrogens (tertiary/aromatic N) is 6. The Hall–Kier alpha value is -7.64. The van der Waals surface area contributed by atoms with E-state index in [1.165, 1.54) is 0 Å². The van der Waals surface area contributed by atoms with Crippen LogP contribution in [0, 0.1) is 60.7 Å². The van der Waals surface area contributed by atoms with E-state index in [1.807, 2.05) is 0 Å². The average Bonchev–Trinajstić information content (AvgIpc) is 3.09. The van der Waals surface area contributed by atoms with E-state index in [0.717, 1.165) is 50.2 Å². The molecule has 0 spiro atoms. The normalized spacial score (nSPS) is 19.0. The number of carbonyl (C=O) groups excluding carboxylic acids is 2. The summed E-state index contributed by atoms with van der Waals surface area (Å²) in [6.45, 7) is 1.17. The fraction of sp³-hybridized carbons (Fsp3) is 0.286. The Morgan fingerprint density at radius 1 is 0.630 bits per heavy atom. The molecule has 5 atom stereocenters. The van der Waals surface area contributed by atoms with Crippen LogP contribution in [0.2, 0.25) is 0 Å². The van der Waals surface area contributed by atoms with Gasteiger partial charge in [0.1, 0.15) is 30.1 Å². The van der Waals surface area contributed by atoms with Crippen LogP contribution >= 0.6 is 0 Å². The minimum absolute atomic E-state index is 0.481. The van der Waals surface area contributed by atoms with Crippen molar-refractivity contribution in [3.05, 3.63) is 115 Å². The summed E-state index contributed by atoms with van der Waals surface area (Å²) in [5, 5.41) is 75.7. The zero-order valence-electron chi connectivity index (χ0n) is 27.3. The third kappa shape index (κ3) is 8.98. The third-order valence-electron chi connectivity index (χ3n) is 7.48. The van der Waals surface area contributed by atoms with Gasteiger partial charge in [-0.25, -0.2) is 0 Å². The minimum Gasteiger partial charge on any atom is -0.463 e. The van der Waals surface area contributed by atoms with E-state index >= 15 is 0 Å². The first-order valence-electron chi connectivity index (χ1n) is 14.8. The molecule has 0 bridgehead atoms. The zero-order valence-corrected chi connectivity index (χ0v) is 27.3. The first-order chi connectivity index (χ1) is 25.4. The van der Waals surface area contributed by atoms with Crippen molar-refractivity contribution >= 4 is 57.4 Å². The zero-order chi connectivity index (χ0) is 40.0. The number of anilines is 2. The number of carbonyl (C=O) groups is 2. The fourth-order valence-corrected chi connectivity index (χ4v) is 5.20. The molecule has 284 valence electrons. The van der Waals surface area contributed by atoms with Gasteiger partial charge in [0.15, 0.2) is 6.10 Å². The Kier molecular flexibility index (Phi) is 11.7. The second-order valence-electron chi connectivity index (χ2n) is 11.0. The van der Waals surface area contributed by atoms with Gasteiger partial charge in [-0.2, -0.15) is 0 Å². The molecule has 26 nitrogen and oxygen atoms in total. The molecule has 0 unspecified atom stereocenters. The molecule has 0 aromatic heterocycles. The minimum atomic E-state index is -2.00. The van der Waals surface area contributed by atoms with Gasteiger partial charge >= 0.3 is 17.6 Å². The fourth-order valence-electron chi connectivity index (χ4n) is 5.20. The Balaban J connectivity index is 2.00. The van der Waals surface area contributed by atoms with E-state index in [2.05, 4.69) is 10.6 Å². The second-order valence-corrected chi connectivity index (χ2v) is 11.0. The smallest absolute Gasteiger partial charge is 0.317 e. The summed E-state index contributed by atoms with van der Waals surface area (Å²) in [7, 11) is 0. The lowest BCUT2D eigenvalue weighted by Crippen LogP contribution is -2.66. The molecule has 0 saturated carbocycles. The molecule has 3 aromatic rings. The summed E-state index contributed by atoms with van der Waals surface area (Å²) in [6, 6.07) is 3.37. The Bertz CT molecular complexity index is 2060. The van der Waals surface area contributed by atoms with Gasteiger partial charge in [-0.15, -0.1) is 0 Å². The topological polar surface area (TPSA) is 354 Å². The molecule has 0 radical (unpaired) electrons. The summed E-state index contributed by atoms with van der Waals surface area (Å²) < 4.78 is 22.4. The summed E-state index contributed by atoms with van der Waals surface area (Å²) >= 11 is 0. The molecule has 0 amide bonds. The first kappa shape index (κ1) is 39.2. The van der Waals surface area contributed by atoms with Crippen molar-refractivity contribution in [3.63, 3.8) is 0 Å². The van der Waals surface area contributed by atoms with Gasteiger partial charge in [-0.05, 0) is 18.2 Å². The summed E-state index contributed by atoms with van der Waals surface area (Å²) in [5.41, 5.74) is -5.97. The van der Waals surface area contributed by atoms with Crippen molar-refractivity contribution in [2.24, 2.45) is 0 Å². The van der Waals surface area contributed by atoms with Gasteiger partial charge in [0.05, 0.1) is 53.8 Å². The Labute approximate surface area is 298 Å². The molecular weight excluding hydrogens is 736 g/mol. The molecule has 2 N–H and O–H groups in total. The van der Waals surface area contributed by atoms with Crippen molar-refractivity contribution in [1.82, 2.24) is 0 Å². The maximum absolute atomic E-state index is 12.4. The third-order valence-corrected chi connectivity index (χ3v) is 7.48. The van der Waals surface area contributed by atoms with E-state index in [0.29, 0.717) is 18.2 Å². The maximum Gasteiger partial charge on any atom is 0.317 e. The molecular formula is C28H24N8O18. The predicted molar refractivity (Wildman–Crippen MR) is 176 cm³/mol. The van der Waals surface area contributed by atoms with Gasteiger partial charge in [0.2, 0.25) is 12.0 Å². The average molecular weight is 761 g/mol. The van der Waals surface area contributed by atoms with Gasteiger partial charge < -0.3 is 29.6 Å². The maximum atomic E-state index is 12.4. The number of nitrogens with one attached hydrogen (secondary N) is 2. The Morgan fingerprint density at radius 2 is 1.07 bits per heavy atom. The van der Waals surface area contributed by atoms with Gasteiger partial charge in [-0.3, -0.25) is 70.3 Å². The summed E-state index contributed by atoms with van der Waals surface area (Å²) in [5.74, 6) is -2.61. The highest BCUT2D eigenvalue weighted by molar-refractivity contribution is 5.70. The van der Waals surface area contributed by atoms with Crippen molar-refractivity contribution in [3.8, 4) is 5.75 Å². The lowest BCUT2D eigenvalue weighted by atomic mass is 9.92. The first-order valence-corrected chi connectivity index (χ1v) is 14.8. The van der Waals surface area contributed by atoms with Crippen LogP contribution in [0.25, 0.3) is 0 Å². The highest BCUT2D eigenvalue weighted by Crippen LogP contribution is 2.39. The van der Waals surface area contributed by atoms with Crippen molar-refractivity contribution in [2.75, 3.05) is 17.2 Å². The molecule has 1 saturated heterocycles. The van der Waals surface area contributed by atoms with Crippen LogP contribution in [0.4, 0.5) is 45.5 Å². The van der Waals surface area contributed by atoms with Gasteiger partial charge in [0.25, 0.3) is 28.4 Å². The standard InChI is InChI=1S/C28H24N8O18/c1-13(37)51-12-24-27(52-14(2)38)25(29-18-6-3-15(31(39)40)9-20(18)34(45)46)26(30-19-7-4-16(32(41)42)10-21(19)35(47)48)28(54-24)53-23-8-5-17(33(43)44)11-22(23)36(49)50/h3-11,24-30H,12H2,1-2H3/t24-,25-,26-,27-,28+/m1/s1. The number of hydrogen-bond acceptors (Lipinski definition) is 20. The number of benzene rings is 3. The van der Waals surface area contributed by atoms with E-state index < -0.39 is 130 Å². The monoisotopic (exact) mass is 760 g/mol. The van der Waals surface area contributed by atoms with Crippen LogP contribution in [0.3, 0.4) is 0 Å². The van der Waals surface area contributed by atoms with Crippen LogP contribution in [0.5, 0.6) is 5.75 Å². The number of nitro benzene ring substituents is 6. The quantitative estimate of drug-likeness (QED) is 0.127. The molecule has 1 aliphatic heterocycles. The molecule has 0 aliphatic carbocycles. The highest BCUT2D eigenvalue weighted by atomic mass is 16.7. The second kappa shape index (κ2) is 16.1. The number of hydrogen-bond donors (Lipinski definition) is 2. The van der Waals surface area contributed by atoms with Gasteiger partial charge in [0, 0.05) is 32.0 Å². The Morgan fingerprint density at radius 3 is 1.50 bits per heavy atom. The molecule has 3 aromatic carbocycles. The van der Waals surface area contributed by atoms with E-state index in [4.69, 9.17) is 18.9 Å². The SMILES string of the molecule is CC(=O)OC[C@H]1O[C@H](Oc2ccc([N+](=O)[O-])cc2[N+](=O)[O-])[C@H](Nc2ccc([N+](=O)[O-])cc2[N+](=O)[O-])[C@@H](Nc2ccc([N+](=O)[O-])cc2[N+](=O)[O-])[C@@H]1OC(C)=O. The molecule has 54 heavy (non-hydrogen) atoms. The van der Waals surface area contributed by atoms with Crippen molar-refractivity contribution < 1.29 is 58.1 Å². The lowest BCUT2D eigenvalue weighted by molar-refractivity contribution is -0.395. The molecule has 1 heterocycles. The number of nitro groups is 6. The molecule has 1 aliphatic rings. The van der Waals surface area contributed by atoms with E-state index in [9.17, 15) is 70.3 Å². The molecule has 1 fully saturated rings. The number of ether oxygens (including phenoxy) is 4. The number of esters is 2. The van der Waals surface area contributed by atoms with E-state index in [1.54, 1.807) is 0 Å². The highest BCUT2D eigenvalue weighted by Gasteiger charge is 2.51. The predicted octanol–water partition coefficient (Wildman–Crippen LogP) is 3.70. The van der Waals surface area contributed by atoms with Crippen molar-refractivity contribution in [2.45, 2.75) is 44.4 Å². The number of non-ortho nitro benzene ring substituents is 3. The van der Waals surface area contributed by atoms with Crippen LogP contribution < -0.4 is 15.4 Å². The van der Waals surface area contributed by atoms with Crippen LogP contribution in [0.1, 0.15) is 13.8 Å². The lowest BCUT2D eigenvalue weighted by Gasteiger charge is -2.46. The molecule has 4 rings (SSSR count). The van der Waals surface area contributed by atoms with Crippen LogP contribution in [0.15, 0.2) is 54.6 Å². The molecule has 26 heteroatoms. The van der Waals surface area contributed by atoms with Gasteiger partial charge in [-0.1, -0.05) is 0 Å². The van der Waals surface area contributed by atoms with Crippen LogP contribution in [-0.4, -0.2) is 78.7 Å². The summed E-state index contributed by atoms with van der Waals surface area (Å²) in [4.78, 5) is 88.8. The van der Waals surface area contributed by atoms with E-state index in [-0.39, 0.29) is 0 Å². The van der Waals surface area contributed by atoms with Crippen molar-refractivity contribution in [1.29, 1.82) is 0 Å². The van der Waals surface area contributed by atoms with Crippen LogP contribution in [-0.2, 0) is 23.8 Å².